The van der Waals surface area contributed by atoms with Crippen LogP contribution in [-0.2, 0) is 11.8 Å². The average molecular weight is 380 g/mol. The maximum atomic E-state index is 13.1. The number of fused-ring (bicyclic) bond motifs is 1. The minimum Gasteiger partial charge on any atom is -0.479 e. The number of nitrogens with zero attached hydrogens (tertiary/aromatic N) is 2. The summed E-state index contributed by atoms with van der Waals surface area (Å²) in [4.78, 5) is 24.3. The van der Waals surface area contributed by atoms with Crippen LogP contribution in [0.4, 0.5) is 15.8 Å². The molecule has 0 bridgehead atoms. The summed E-state index contributed by atoms with van der Waals surface area (Å²) in [5.41, 5.74) is 2.64. The lowest BCUT2D eigenvalue weighted by atomic mass is 10.1. The van der Waals surface area contributed by atoms with Gasteiger partial charge >= 0.3 is 0 Å². The Labute approximate surface area is 160 Å². The van der Waals surface area contributed by atoms with Crippen molar-refractivity contribution in [3.05, 3.63) is 60.0 Å². The quantitative estimate of drug-likeness (QED) is 0.731. The second-order valence-electron chi connectivity index (χ2n) is 6.46. The number of benzene rings is 2. The van der Waals surface area contributed by atoms with E-state index in [9.17, 15) is 14.0 Å². The zero-order valence-electron chi connectivity index (χ0n) is 15.2. The van der Waals surface area contributed by atoms with Gasteiger partial charge in [-0.3, -0.25) is 14.3 Å². The predicted molar refractivity (Wildman–Crippen MR) is 102 cm³/mol. The van der Waals surface area contributed by atoms with E-state index < -0.39 is 12.0 Å². The van der Waals surface area contributed by atoms with E-state index in [1.807, 2.05) is 0 Å². The molecule has 0 aliphatic carbocycles. The molecule has 28 heavy (non-hydrogen) atoms. The molecule has 2 aromatic carbocycles. The lowest BCUT2D eigenvalue weighted by molar-refractivity contribution is -0.122. The number of ether oxygens (including phenoxy) is 1. The molecule has 4 rings (SSSR count). The molecule has 0 spiro atoms. The molecule has 8 heteroatoms. The van der Waals surface area contributed by atoms with E-state index in [1.165, 1.54) is 12.1 Å². The number of carbonyl (C=O) groups excluding carboxylic acids is 2. The van der Waals surface area contributed by atoms with Crippen LogP contribution in [0.25, 0.3) is 11.3 Å². The van der Waals surface area contributed by atoms with Crippen molar-refractivity contribution in [1.29, 1.82) is 0 Å². The summed E-state index contributed by atoms with van der Waals surface area (Å²) < 4.78 is 20.2. The van der Waals surface area contributed by atoms with Crippen molar-refractivity contribution in [2.45, 2.75) is 13.0 Å². The molecular formula is C20H17FN4O3. The van der Waals surface area contributed by atoms with Crippen LogP contribution in [-0.4, -0.2) is 27.7 Å². The third-order valence-corrected chi connectivity index (χ3v) is 4.42. The van der Waals surface area contributed by atoms with Crippen molar-refractivity contribution >= 4 is 23.2 Å². The number of anilines is 2. The standard InChI is InChI=1S/C20H17FN4O3/c1-11-19(26)23-15-9-14(7-8-18(15)28-11)22-20(27)16-10-17(25(2)24-16)12-3-5-13(21)6-4-12/h3-11H,1-2H3,(H,22,27)(H,23,26). The highest BCUT2D eigenvalue weighted by Gasteiger charge is 2.24. The van der Waals surface area contributed by atoms with E-state index in [-0.39, 0.29) is 17.4 Å². The monoisotopic (exact) mass is 380 g/mol. The molecule has 1 aliphatic rings. The van der Waals surface area contributed by atoms with E-state index in [4.69, 9.17) is 4.74 Å². The van der Waals surface area contributed by atoms with Crippen LogP contribution in [0.2, 0.25) is 0 Å². The first-order chi connectivity index (χ1) is 13.4. The maximum absolute atomic E-state index is 13.1. The zero-order chi connectivity index (χ0) is 19.8. The summed E-state index contributed by atoms with van der Waals surface area (Å²) in [7, 11) is 1.71. The zero-order valence-corrected chi connectivity index (χ0v) is 15.2. The largest absolute Gasteiger partial charge is 0.479 e. The van der Waals surface area contributed by atoms with Gasteiger partial charge in [-0.25, -0.2) is 4.39 Å². The van der Waals surface area contributed by atoms with Crippen molar-refractivity contribution in [3.8, 4) is 17.0 Å². The van der Waals surface area contributed by atoms with Gasteiger partial charge in [-0.05, 0) is 61.0 Å². The topological polar surface area (TPSA) is 85.2 Å². The lowest BCUT2D eigenvalue weighted by Gasteiger charge is -2.23. The van der Waals surface area contributed by atoms with E-state index in [0.29, 0.717) is 22.8 Å². The Hall–Kier alpha value is -3.68. The van der Waals surface area contributed by atoms with Gasteiger partial charge in [-0.15, -0.1) is 0 Å². The fourth-order valence-corrected chi connectivity index (χ4v) is 2.95. The summed E-state index contributed by atoms with van der Waals surface area (Å²) in [5, 5.41) is 9.72. The Balaban J connectivity index is 1.55. The Morgan fingerprint density at radius 2 is 1.96 bits per heavy atom. The van der Waals surface area contributed by atoms with Crippen molar-refractivity contribution < 1.29 is 18.7 Å². The van der Waals surface area contributed by atoms with Gasteiger partial charge < -0.3 is 15.4 Å². The number of rotatable bonds is 3. The van der Waals surface area contributed by atoms with Crippen LogP contribution < -0.4 is 15.4 Å². The summed E-state index contributed by atoms with van der Waals surface area (Å²) in [6.45, 7) is 1.66. The number of aromatic nitrogens is 2. The molecule has 3 aromatic rings. The number of nitrogens with one attached hydrogen (secondary N) is 2. The van der Waals surface area contributed by atoms with Crippen molar-refractivity contribution in [3.63, 3.8) is 0 Å². The van der Waals surface area contributed by atoms with Gasteiger partial charge in [0, 0.05) is 12.7 Å². The van der Waals surface area contributed by atoms with Crippen LogP contribution in [0.15, 0.2) is 48.5 Å². The third kappa shape index (κ3) is 3.32. The number of amides is 2. The minimum atomic E-state index is -0.564. The van der Waals surface area contributed by atoms with Gasteiger partial charge in [0.15, 0.2) is 11.8 Å². The van der Waals surface area contributed by atoms with Crippen LogP contribution in [0.5, 0.6) is 5.75 Å². The molecule has 1 aliphatic heterocycles. The molecule has 1 atom stereocenters. The molecule has 0 saturated heterocycles. The maximum Gasteiger partial charge on any atom is 0.276 e. The summed E-state index contributed by atoms with van der Waals surface area (Å²) in [5.74, 6) is -0.437. The second-order valence-corrected chi connectivity index (χ2v) is 6.46. The number of carbonyl (C=O) groups is 2. The smallest absolute Gasteiger partial charge is 0.276 e. The molecule has 0 radical (unpaired) electrons. The molecule has 0 saturated carbocycles. The summed E-state index contributed by atoms with van der Waals surface area (Å²) in [6.07, 6.45) is -0.564. The third-order valence-electron chi connectivity index (χ3n) is 4.42. The fraction of sp³-hybridized carbons (Fsp3) is 0.150. The first-order valence-corrected chi connectivity index (χ1v) is 8.63. The SMILES string of the molecule is CC1Oc2ccc(NC(=O)c3cc(-c4ccc(F)cc4)n(C)n3)cc2NC1=O. The van der Waals surface area contributed by atoms with Gasteiger partial charge in [0.05, 0.1) is 11.4 Å². The highest BCUT2D eigenvalue weighted by molar-refractivity contribution is 6.04. The van der Waals surface area contributed by atoms with Crippen LogP contribution in [0.1, 0.15) is 17.4 Å². The molecular weight excluding hydrogens is 363 g/mol. The Morgan fingerprint density at radius 1 is 1.21 bits per heavy atom. The van der Waals surface area contributed by atoms with Gasteiger partial charge in [0.2, 0.25) is 0 Å². The van der Waals surface area contributed by atoms with Crippen LogP contribution >= 0.6 is 0 Å². The van der Waals surface area contributed by atoms with Gasteiger partial charge in [-0.2, -0.15) is 5.10 Å². The van der Waals surface area contributed by atoms with Crippen molar-refractivity contribution in [2.24, 2.45) is 7.05 Å². The normalized spacial score (nSPS) is 15.4. The predicted octanol–water partition coefficient (Wildman–Crippen LogP) is 3.20. The lowest BCUT2D eigenvalue weighted by Crippen LogP contribution is -2.34. The van der Waals surface area contributed by atoms with Crippen molar-refractivity contribution in [1.82, 2.24) is 9.78 Å². The van der Waals surface area contributed by atoms with E-state index in [0.717, 1.165) is 5.56 Å². The molecule has 2 amide bonds. The van der Waals surface area contributed by atoms with Gasteiger partial charge in [-0.1, -0.05) is 0 Å². The Bertz CT molecular complexity index is 1080. The molecule has 1 aromatic heterocycles. The van der Waals surface area contributed by atoms with Gasteiger partial charge in [0.25, 0.3) is 11.8 Å². The second kappa shape index (κ2) is 6.80. The molecule has 1 unspecified atom stereocenters. The van der Waals surface area contributed by atoms with E-state index in [1.54, 1.807) is 55.1 Å². The Kier molecular flexibility index (Phi) is 4.31. The molecule has 142 valence electrons. The fourth-order valence-electron chi connectivity index (χ4n) is 2.95. The van der Waals surface area contributed by atoms with Crippen LogP contribution in [0.3, 0.4) is 0 Å². The average Bonchev–Trinajstić information content (AvgIpc) is 3.05. The van der Waals surface area contributed by atoms with E-state index >= 15 is 0 Å². The number of aryl methyl sites for hydroxylation is 1. The number of hydrogen-bond donors (Lipinski definition) is 2. The summed E-state index contributed by atoms with van der Waals surface area (Å²) in [6, 6.07) is 12.6. The molecule has 7 nitrogen and oxygen atoms in total. The minimum absolute atomic E-state index is 0.216. The first-order valence-electron chi connectivity index (χ1n) is 8.63. The number of hydrogen-bond acceptors (Lipinski definition) is 4. The Morgan fingerprint density at radius 3 is 2.71 bits per heavy atom. The molecule has 2 N–H and O–H groups in total. The van der Waals surface area contributed by atoms with E-state index in [2.05, 4.69) is 15.7 Å². The van der Waals surface area contributed by atoms with Crippen molar-refractivity contribution in [2.75, 3.05) is 10.6 Å². The first kappa shape index (κ1) is 17.7. The van der Waals surface area contributed by atoms with Crippen LogP contribution in [0, 0.1) is 5.82 Å². The highest BCUT2D eigenvalue weighted by atomic mass is 19.1. The summed E-state index contributed by atoms with van der Waals surface area (Å²) >= 11 is 0. The highest BCUT2D eigenvalue weighted by Crippen LogP contribution is 2.32. The molecule has 0 fully saturated rings. The van der Waals surface area contributed by atoms with Gasteiger partial charge in [0.1, 0.15) is 11.6 Å². The molecule has 2 heterocycles. The number of halogens is 1.